The van der Waals surface area contributed by atoms with Gasteiger partial charge in [0.15, 0.2) is 0 Å². The summed E-state index contributed by atoms with van der Waals surface area (Å²) in [5.74, 6) is 0.382. The van der Waals surface area contributed by atoms with Gasteiger partial charge in [0.1, 0.15) is 5.82 Å². The number of nitrogens with zero attached hydrogens (tertiary/aromatic N) is 2. The molecule has 3 aromatic rings. The summed E-state index contributed by atoms with van der Waals surface area (Å²) < 4.78 is 5.84. The number of anilines is 3. The lowest BCUT2D eigenvalue weighted by atomic mass is 10.0. The van der Waals surface area contributed by atoms with Crippen molar-refractivity contribution in [3.05, 3.63) is 65.9 Å². The molecule has 32 heavy (non-hydrogen) atoms. The molecular formula is C24H30N6O2. The average molecular weight is 435 g/mol. The predicted octanol–water partition coefficient (Wildman–Crippen LogP) is 4.34. The van der Waals surface area contributed by atoms with Gasteiger partial charge in [-0.05, 0) is 29.7 Å². The van der Waals surface area contributed by atoms with Crippen LogP contribution >= 0.6 is 0 Å². The molecule has 0 aliphatic carbocycles. The number of rotatable bonds is 10. The summed E-state index contributed by atoms with van der Waals surface area (Å²) in [7, 11) is 0. The minimum Gasteiger partial charge on any atom is -0.383 e. The number of hydrogen-bond acceptors (Lipinski definition) is 6. The molecule has 6 N–H and O–H groups in total. The SMILES string of the molecule is CCCCCNC(=O)Nc1ccc(-c2c(N)nc(N)nc2COCc2ccccc2)cc1. The van der Waals surface area contributed by atoms with Gasteiger partial charge in [-0.1, -0.05) is 62.2 Å². The molecule has 0 radical (unpaired) electrons. The number of urea groups is 1. The number of ether oxygens (including phenoxy) is 1. The Labute approximate surface area is 188 Å². The van der Waals surface area contributed by atoms with Crippen molar-refractivity contribution < 1.29 is 9.53 Å². The van der Waals surface area contributed by atoms with Crippen LogP contribution < -0.4 is 22.1 Å². The minimum atomic E-state index is -0.223. The molecule has 1 aromatic heterocycles. The molecule has 0 bridgehead atoms. The van der Waals surface area contributed by atoms with Gasteiger partial charge >= 0.3 is 6.03 Å². The number of carbonyl (C=O) groups excluding carboxylic acids is 1. The lowest BCUT2D eigenvalue weighted by molar-refractivity contribution is 0.105. The largest absolute Gasteiger partial charge is 0.383 e. The second kappa shape index (κ2) is 11.7. The van der Waals surface area contributed by atoms with Crippen LogP contribution in [0.3, 0.4) is 0 Å². The van der Waals surface area contributed by atoms with E-state index in [2.05, 4.69) is 27.5 Å². The molecule has 8 nitrogen and oxygen atoms in total. The second-order valence-electron chi connectivity index (χ2n) is 7.43. The summed E-state index contributed by atoms with van der Waals surface area (Å²) in [4.78, 5) is 20.5. The molecule has 0 saturated heterocycles. The summed E-state index contributed by atoms with van der Waals surface area (Å²) in [6, 6.07) is 17.0. The van der Waals surface area contributed by atoms with Crippen LogP contribution in [0.2, 0.25) is 0 Å². The van der Waals surface area contributed by atoms with Gasteiger partial charge in [0.05, 0.1) is 18.9 Å². The zero-order valence-corrected chi connectivity index (χ0v) is 18.3. The molecule has 168 valence electrons. The third-order valence-electron chi connectivity index (χ3n) is 4.88. The maximum absolute atomic E-state index is 12.0. The van der Waals surface area contributed by atoms with Crippen LogP contribution in [0.25, 0.3) is 11.1 Å². The summed E-state index contributed by atoms with van der Waals surface area (Å²) in [6.07, 6.45) is 3.17. The Morgan fingerprint density at radius 3 is 2.44 bits per heavy atom. The molecule has 0 aliphatic heterocycles. The van der Waals surface area contributed by atoms with E-state index in [-0.39, 0.29) is 24.4 Å². The molecule has 8 heteroatoms. The molecule has 0 saturated carbocycles. The number of unbranched alkanes of at least 4 members (excludes halogenated alkanes) is 2. The molecule has 0 atom stereocenters. The minimum absolute atomic E-state index is 0.0996. The van der Waals surface area contributed by atoms with Gasteiger partial charge < -0.3 is 26.8 Å². The highest BCUT2D eigenvalue weighted by Gasteiger charge is 2.14. The van der Waals surface area contributed by atoms with Crippen LogP contribution in [0.1, 0.15) is 37.4 Å². The van der Waals surface area contributed by atoms with E-state index in [4.69, 9.17) is 16.2 Å². The first kappa shape index (κ1) is 23.0. The predicted molar refractivity (Wildman–Crippen MR) is 128 cm³/mol. The number of benzene rings is 2. The van der Waals surface area contributed by atoms with Crippen LogP contribution in [0.4, 0.5) is 22.2 Å². The van der Waals surface area contributed by atoms with Crippen LogP contribution in [-0.4, -0.2) is 22.5 Å². The van der Waals surface area contributed by atoms with E-state index < -0.39 is 0 Å². The van der Waals surface area contributed by atoms with Crippen LogP contribution in [-0.2, 0) is 18.0 Å². The van der Waals surface area contributed by atoms with E-state index in [1.165, 1.54) is 0 Å². The fourth-order valence-electron chi connectivity index (χ4n) is 3.28. The van der Waals surface area contributed by atoms with Crippen LogP contribution in [0, 0.1) is 0 Å². The fourth-order valence-corrected chi connectivity index (χ4v) is 3.28. The quantitative estimate of drug-likeness (QED) is 0.352. The first-order valence-electron chi connectivity index (χ1n) is 10.8. The Morgan fingerprint density at radius 1 is 0.969 bits per heavy atom. The number of aromatic nitrogens is 2. The van der Waals surface area contributed by atoms with Gasteiger partial charge in [0.25, 0.3) is 0 Å². The van der Waals surface area contributed by atoms with Crippen molar-refractivity contribution in [2.45, 2.75) is 39.4 Å². The molecule has 3 rings (SSSR count). The monoisotopic (exact) mass is 434 g/mol. The Balaban J connectivity index is 1.67. The van der Waals surface area contributed by atoms with Gasteiger partial charge in [-0.3, -0.25) is 0 Å². The van der Waals surface area contributed by atoms with Gasteiger partial charge in [-0.15, -0.1) is 0 Å². The van der Waals surface area contributed by atoms with Gasteiger partial charge in [-0.25, -0.2) is 9.78 Å². The maximum atomic E-state index is 12.0. The smallest absolute Gasteiger partial charge is 0.319 e. The van der Waals surface area contributed by atoms with E-state index in [1.807, 2.05) is 54.6 Å². The number of hydrogen-bond donors (Lipinski definition) is 4. The number of nitrogens with two attached hydrogens (primary N) is 2. The lowest BCUT2D eigenvalue weighted by Crippen LogP contribution is -2.29. The highest BCUT2D eigenvalue weighted by atomic mass is 16.5. The summed E-state index contributed by atoms with van der Waals surface area (Å²) in [5.41, 5.74) is 15.8. The van der Waals surface area contributed by atoms with E-state index in [1.54, 1.807) is 0 Å². The Morgan fingerprint density at radius 2 is 1.72 bits per heavy atom. The van der Waals surface area contributed by atoms with E-state index in [0.29, 0.717) is 30.1 Å². The van der Waals surface area contributed by atoms with Crippen molar-refractivity contribution in [1.29, 1.82) is 0 Å². The zero-order chi connectivity index (χ0) is 22.8. The topological polar surface area (TPSA) is 128 Å². The fraction of sp³-hybridized carbons (Fsp3) is 0.292. The molecule has 0 aliphatic rings. The number of carbonyl (C=O) groups is 1. The molecule has 0 fully saturated rings. The molecular weight excluding hydrogens is 404 g/mol. The van der Waals surface area contributed by atoms with Crippen molar-refractivity contribution in [2.75, 3.05) is 23.3 Å². The first-order chi connectivity index (χ1) is 15.6. The number of amides is 2. The Bertz CT molecular complexity index is 1010. The van der Waals surface area contributed by atoms with E-state index in [0.717, 1.165) is 30.4 Å². The molecule has 0 spiro atoms. The van der Waals surface area contributed by atoms with E-state index in [9.17, 15) is 4.79 Å². The third kappa shape index (κ3) is 6.68. The molecule has 2 aromatic carbocycles. The Hall–Kier alpha value is -3.65. The normalized spacial score (nSPS) is 10.7. The van der Waals surface area contributed by atoms with Crippen molar-refractivity contribution in [1.82, 2.24) is 15.3 Å². The number of nitrogen functional groups attached to an aromatic ring is 2. The second-order valence-corrected chi connectivity index (χ2v) is 7.43. The van der Waals surface area contributed by atoms with Crippen molar-refractivity contribution in [3.8, 4) is 11.1 Å². The zero-order valence-electron chi connectivity index (χ0n) is 18.3. The van der Waals surface area contributed by atoms with Crippen LogP contribution in [0.15, 0.2) is 54.6 Å². The summed E-state index contributed by atoms with van der Waals surface area (Å²) >= 11 is 0. The highest BCUT2D eigenvalue weighted by molar-refractivity contribution is 5.89. The van der Waals surface area contributed by atoms with Crippen LogP contribution in [0.5, 0.6) is 0 Å². The third-order valence-corrected chi connectivity index (χ3v) is 4.88. The van der Waals surface area contributed by atoms with Gasteiger partial charge in [-0.2, -0.15) is 4.98 Å². The summed E-state index contributed by atoms with van der Waals surface area (Å²) in [5, 5.41) is 5.68. The van der Waals surface area contributed by atoms with Gasteiger partial charge in [0.2, 0.25) is 5.95 Å². The first-order valence-corrected chi connectivity index (χ1v) is 10.8. The average Bonchev–Trinajstić information content (AvgIpc) is 2.78. The van der Waals surface area contributed by atoms with Crippen molar-refractivity contribution in [2.24, 2.45) is 0 Å². The van der Waals surface area contributed by atoms with Gasteiger partial charge in [0, 0.05) is 17.8 Å². The molecule has 1 heterocycles. The number of nitrogens with one attached hydrogen (secondary N) is 2. The van der Waals surface area contributed by atoms with E-state index >= 15 is 0 Å². The van der Waals surface area contributed by atoms with Crippen molar-refractivity contribution >= 4 is 23.5 Å². The summed E-state index contributed by atoms with van der Waals surface area (Å²) in [6.45, 7) is 3.46. The lowest BCUT2D eigenvalue weighted by Gasteiger charge is -2.13. The highest BCUT2D eigenvalue weighted by Crippen LogP contribution is 2.30. The standard InChI is InChI=1S/C24H30N6O2/c1-2-3-7-14-27-24(31)28-19-12-10-18(11-13-19)21-20(29-23(26)30-22(21)25)16-32-15-17-8-5-4-6-9-17/h4-6,8-13H,2-3,7,14-16H2,1H3,(H2,27,28,31)(H4,25,26,29,30). The maximum Gasteiger partial charge on any atom is 0.319 e. The Kier molecular flexibility index (Phi) is 8.39. The molecule has 0 unspecified atom stereocenters. The van der Waals surface area contributed by atoms with Crippen molar-refractivity contribution in [3.63, 3.8) is 0 Å². The molecule has 2 amide bonds.